The third kappa shape index (κ3) is 5.27. The summed E-state index contributed by atoms with van der Waals surface area (Å²) in [7, 11) is 0. The molecule has 0 unspecified atom stereocenters. The number of aliphatic carboxylic acids is 1. The van der Waals surface area contributed by atoms with Gasteiger partial charge >= 0.3 is 5.97 Å². The zero-order valence-corrected chi connectivity index (χ0v) is 13.6. The van der Waals surface area contributed by atoms with Gasteiger partial charge in [0.15, 0.2) is 0 Å². The quantitative estimate of drug-likeness (QED) is 0.816. The first-order chi connectivity index (χ1) is 11.0. The average molecular weight is 352 g/mol. The van der Waals surface area contributed by atoms with Gasteiger partial charge in [-0.05, 0) is 30.2 Å². The standard InChI is InChI=1S/C17H15Cl2NO3/c18-14-7-6-13(10-15(14)19)20-16(21)9-12(17(22)23)8-11-4-2-1-3-5-11/h1-7,10,12H,8-9H2,(H,20,21)(H,22,23)/t12-/m0/s1. The molecule has 0 aliphatic carbocycles. The number of halogens is 2. The Morgan fingerprint density at radius 1 is 1.04 bits per heavy atom. The number of anilines is 1. The van der Waals surface area contributed by atoms with Crippen LogP contribution < -0.4 is 5.32 Å². The molecule has 0 bridgehead atoms. The molecule has 2 N–H and O–H groups in total. The number of hydrogen-bond acceptors (Lipinski definition) is 2. The summed E-state index contributed by atoms with van der Waals surface area (Å²) in [6.45, 7) is 0. The Morgan fingerprint density at radius 2 is 1.74 bits per heavy atom. The van der Waals surface area contributed by atoms with Gasteiger partial charge < -0.3 is 10.4 Å². The normalized spacial score (nSPS) is 11.7. The van der Waals surface area contributed by atoms with Crippen molar-refractivity contribution >= 4 is 40.8 Å². The van der Waals surface area contributed by atoms with Gasteiger partial charge in [0.25, 0.3) is 0 Å². The lowest BCUT2D eigenvalue weighted by Gasteiger charge is -2.13. The second-order valence-electron chi connectivity index (χ2n) is 5.11. The maximum absolute atomic E-state index is 12.1. The van der Waals surface area contributed by atoms with Crippen LogP contribution in [-0.4, -0.2) is 17.0 Å². The highest BCUT2D eigenvalue weighted by Gasteiger charge is 2.21. The summed E-state index contributed by atoms with van der Waals surface area (Å²) in [4.78, 5) is 23.4. The smallest absolute Gasteiger partial charge is 0.307 e. The number of nitrogens with one attached hydrogen (secondary N) is 1. The molecule has 0 aliphatic heterocycles. The molecule has 2 rings (SSSR count). The minimum absolute atomic E-state index is 0.121. The van der Waals surface area contributed by atoms with E-state index in [9.17, 15) is 14.7 Å². The molecule has 23 heavy (non-hydrogen) atoms. The number of carbonyl (C=O) groups is 2. The van der Waals surface area contributed by atoms with Crippen LogP contribution in [0.4, 0.5) is 5.69 Å². The van der Waals surface area contributed by atoms with Crippen LogP contribution in [0.2, 0.25) is 10.0 Å². The maximum Gasteiger partial charge on any atom is 0.307 e. The van der Waals surface area contributed by atoms with Crippen LogP contribution in [-0.2, 0) is 16.0 Å². The van der Waals surface area contributed by atoms with Crippen LogP contribution in [0, 0.1) is 5.92 Å². The Kier molecular flexibility index (Phi) is 6.02. The van der Waals surface area contributed by atoms with E-state index in [0.29, 0.717) is 22.2 Å². The van der Waals surface area contributed by atoms with Crippen molar-refractivity contribution in [1.82, 2.24) is 0 Å². The number of amides is 1. The first-order valence-electron chi connectivity index (χ1n) is 6.97. The molecule has 1 atom stereocenters. The van der Waals surface area contributed by atoms with E-state index >= 15 is 0 Å². The lowest BCUT2D eigenvalue weighted by atomic mass is 9.96. The predicted molar refractivity (Wildman–Crippen MR) is 91.0 cm³/mol. The highest BCUT2D eigenvalue weighted by atomic mass is 35.5. The zero-order valence-electron chi connectivity index (χ0n) is 12.1. The van der Waals surface area contributed by atoms with E-state index in [1.165, 1.54) is 6.07 Å². The van der Waals surface area contributed by atoms with E-state index in [2.05, 4.69) is 5.32 Å². The van der Waals surface area contributed by atoms with Gasteiger partial charge in [-0.2, -0.15) is 0 Å². The zero-order chi connectivity index (χ0) is 16.8. The molecule has 0 radical (unpaired) electrons. The molecule has 6 heteroatoms. The highest BCUT2D eigenvalue weighted by molar-refractivity contribution is 6.42. The van der Waals surface area contributed by atoms with Gasteiger partial charge in [-0.25, -0.2) is 0 Å². The van der Waals surface area contributed by atoms with Crippen LogP contribution in [0.1, 0.15) is 12.0 Å². The van der Waals surface area contributed by atoms with Gasteiger partial charge in [0, 0.05) is 12.1 Å². The molecule has 120 valence electrons. The summed E-state index contributed by atoms with van der Waals surface area (Å²) in [5.41, 5.74) is 1.36. The number of carbonyl (C=O) groups excluding carboxylic acids is 1. The van der Waals surface area contributed by atoms with Crippen LogP contribution >= 0.6 is 23.2 Å². The van der Waals surface area contributed by atoms with Crippen molar-refractivity contribution in [3.63, 3.8) is 0 Å². The van der Waals surface area contributed by atoms with Gasteiger partial charge in [-0.1, -0.05) is 53.5 Å². The van der Waals surface area contributed by atoms with E-state index in [4.69, 9.17) is 23.2 Å². The summed E-state index contributed by atoms with van der Waals surface area (Å²) in [6.07, 6.45) is 0.176. The van der Waals surface area contributed by atoms with Crippen LogP contribution in [0.3, 0.4) is 0 Å². The summed E-state index contributed by atoms with van der Waals surface area (Å²) < 4.78 is 0. The number of hydrogen-bond donors (Lipinski definition) is 2. The fraction of sp³-hybridized carbons (Fsp3) is 0.176. The minimum Gasteiger partial charge on any atom is -0.481 e. The SMILES string of the molecule is O=C(C[C@H](Cc1ccccc1)C(=O)O)Nc1ccc(Cl)c(Cl)c1. The van der Waals surface area contributed by atoms with E-state index in [-0.39, 0.29) is 12.3 Å². The van der Waals surface area contributed by atoms with Gasteiger partial charge in [-0.3, -0.25) is 9.59 Å². The molecule has 0 saturated carbocycles. The lowest BCUT2D eigenvalue weighted by Crippen LogP contribution is -2.24. The Hall–Kier alpha value is -2.04. The molecule has 2 aromatic carbocycles. The van der Waals surface area contributed by atoms with E-state index < -0.39 is 11.9 Å². The molecule has 2 aromatic rings. The number of carboxylic acids is 1. The largest absolute Gasteiger partial charge is 0.481 e. The topological polar surface area (TPSA) is 66.4 Å². The second kappa shape index (κ2) is 7.99. The first kappa shape index (κ1) is 17.3. The molecule has 0 aromatic heterocycles. The lowest BCUT2D eigenvalue weighted by molar-refractivity contribution is -0.143. The molecular weight excluding hydrogens is 337 g/mol. The van der Waals surface area contributed by atoms with Crippen molar-refractivity contribution in [3.8, 4) is 0 Å². The molecular formula is C17H15Cl2NO3. The van der Waals surface area contributed by atoms with Crippen LogP contribution in [0.15, 0.2) is 48.5 Å². The first-order valence-corrected chi connectivity index (χ1v) is 7.73. The molecule has 0 saturated heterocycles. The van der Waals surface area contributed by atoms with Gasteiger partial charge in [0.2, 0.25) is 5.91 Å². The summed E-state index contributed by atoms with van der Waals surface area (Å²) >= 11 is 11.7. The minimum atomic E-state index is -1.00. The molecule has 0 spiro atoms. The van der Waals surface area contributed by atoms with Gasteiger partial charge in [0.1, 0.15) is 0 Å². The molecule has 4 nitrogen and oxygen atoms in total. The monoisotopic (exact) mass is 351 g/mol. The molecule has 1 amide bonds. The average Bonchev–Trinajstić information content (AvgIpc) is 2.51. The number of benzene rings is 2. The number of carboxylic acid groups (broad SMARTS) is 1. The Balaban J connectivity index is 2.00. The predicted octanol–water partition coefficient (Wildman–Crippen LogP) is 4.27. The Labute approximate surface area is 144 Å². The van der Waals surface area contributed by atoms with Crippen LogP contribution in [0.25, 0.3) is 0 Å². The molecule has 0 aliphatic rings. The third-order valence-corrected chi connectivity index (χ3v) is 4.05. The highest BCUT2D eigenvalue weighted by Crippen LogP contribution is 2.25. The van der Waals surface area contributed by atoms with Crippen molar-refractivity contribution in [2.45, 2.75) is 12.8 Å². The molecule has 0 heterocycles. The molecule has 0 fully saturated rings. The summed E-state index contributed by atoms with van der Waals surface area (Å²) in [5.74, 6) is -2.18. The fourth-order valence-electron chi connectivity index (χ4n) is 2.16. The van der Waals surface area contributed by atoms with E-state index in [1.54, 1.807) is 12.1 Å². The second-order valence-corrected chi connectivity index (χ2v) is 5.92. The Morgan fingerprint density at radius 3 is 2.35 bits per heavy atom. The van der Waals surface area contributed by atoms with Crippen molar-refractivity contribution in [3.05, 3.63) is 64.1 Å². The van der Waals surface area contributed by atoms with Crippen molar-refractivity contribution in [1.29, 1.82) is 0 Å². The van der Waals surface area contributed by atoms with E-state index in [0.717, 1.165) is 5.56 Å². The van der Waals surface area contributed by atoms with Crippen LogP contribution in [0.5, 0.6) is 0 Å². The summed E-state index contributed by atoms with van der Waals surface area (Å²) in [6, 6.07) is 13.9. The summed E-state index contributed by atoms with van der Waals surface area (Å²) in [5, 5.41) is 12.7. The maximum atomic E-state index is 12.1. The van der Waals surface area contributed by atoms with Gasteiger partial charge in [-0.15, -0.1) is 0 Å². The van der Waals surface area contributed by atoms with E-state index in [1.807, 2.05) is 30.3 Å². The third-order valence-electron chi connectivity index (χ3n) is 3.31. The van der Waals surface area contributed by atoms with Crippen molar-refractivity contribution < 1.29 is 14.7 Å². The van der Waals surface area contributed by atoms with Crippen molar-refractivity contribution in [2.24, 2.45) is 5.92 Å². The fourth-order valence-corrected chi connectivity index (χ4v) is 2.45. The number of rotatable bonds is 6. The van der Waals surface area contributed by atoms with Gasteiger partial charge in [0.05, 0.1) is 16.0 Å². The van der Waals surface area contributed by atoms with Crippen molar-refractivity contribution in [2.75, 3.05) is 5.32 Å². The Bertz CT molecular complexity index is 704.